The van der Waals surface area contributed by atoms with Crippen LogP contribution in [0.2, 0.25) is 0 Å². The van der Waals surface area contributed by atoms with Gasteiger partial charge in [0.25, 0.3) is 0 Å². The van der Waals surface area contributed by atoms with E-state index in [1.165, 1.54) is 0 Å². The molecule has 0 unspecified atom stereocenters. The first-order chi connectivity index (χ1) is 5.72. The molecule has 2 rings (SSSR count). The van der Waals surface area contributed by atoms with Crippen LogP contribution in [0.25, 0.3) is 0 Å². The lowest BCUT2D eigenvalue weighted by Crippen LogP contribution is -2.18. The standard InChI is InChI=1S/C9H11IO2/c1-2-5-3-7(10)9-6(5)4-8(11)12-9/h2,5-7,9H,1,3-4H2/t5-,6-,7-,9-/m0/s1. The number of carbonyl (C=O) groups is 1. The Labute approximate surface area is 85.5 Å². The number of halogens is 1. The fourth-order valence-electron chi connectivity index (χ4n) is 2.17. The van der Waals surface area contributed by atoms with Gasteiger partial charge in [-0.15, -0.1) is 6.58 Å². The van der Waals surface area contributed by atoms with E-state index in [4.69, 9.17) is 4.74 Å². The summed E-state index contributed by atoms with van der Waals surface area (Å²) in [6.45, 7) is 3.79. The molecule has 66 valence electrons. The molecule has 2 aliphatic rings. The van der Waals surface area contributed by atoms with Crippen molar-refractivity contribution >= 4 is 28.6 Å². The Bertz CT molecular complexity index is 227. The molecule has 1 saturated heterocycles. The lowest BCUT2D eigenvalue weighted by molar-refractivity contribution is -0.141. The zero-order chi connectivity index (χ0) is 8.72. The maximum Gasteiger partial charge on any atom is 0.306 e. The molecule has 3 heteroatoms. The van der Waals surface area contributed by atoms with Crippen LogP contribution >= 0.6 is 22.6 Å². The highest BCUT2D eigenvalue weighted by molar-refractivity contribution is 14.1. The molecule has 0 aromatic carbocycles. The molecule has 12 heavy (non-hydrogen) atoms. The summed E-state index contributed by atoms with van der Waals surface area (Å²) in [7, 11) is 0. The monoisotopic (exact) mass is 278 g/mol. The van der Waals surface area contributed by atoms with Crippen LogP contribution in [0.3, 0.4) is 0 Å². The fourth-order valence-corrected chi connectivity index (χ4v) is 3.44. The molecular formula is C9H11IO2. The predicted molar refractivity (Wildman–Crippen MR) is 54.1 cm³/mol. The third kappa shape index (κ3) is 1.18. The van der Waals surface area contributed by atoms with Crippen LogP contribution in [-0.2, 0) is 9.53 Å². The van der Waals surface area contributed by atoms with Crippen LogP contribution in [0.15, 0.2) is 12.7 Å². The number of alkyl halides is 1. The van der Waals surface area contributed by atoms with Gasteiger partial charge < -0.3 is 4.74 Å². The minimum atomic E-state index is -0.0294. The summed E-state index contributed by atoms with van der Waals surface area (Å²) in [6, 6.07) is 0. The second-order valence-corrected chi connectivity index (χ2v) is 5.07. The largest absolute Gasteiger partial charge is 0.461 e. The van der Waals surface area contributed by atoms with E-state index < -0.39 is 0 Å². The minimum absolute atomic E-state index is 0.0294. The summed E-state index contributed by atoms with van der Waals surface area (Å²) in [5.74, 6) is 0.874. The van der Waals surface area contributed by atoms with Crippen molar-refractivity contribution in [3.05, 3.63) is 12.7 Å². The van der Waals surface area contributed by atoms with Gasteiger partial charge in [0.2, 0.25) is 0 Å². The lowest BCUT2D eigenvalue weighted by Gasteiger charge is -2.11. The van der Waals surface area contributed by atoms with Crippen LogP contribution in [-0.4, -0.2) is 16.0 Å². The average molecular weight is 278 g/mol. The zero-order valence-corrected chi connectivity index (χ0v) is 8.86. The van der Waals surface area contributed by atoms with Gasteiger partial charge in [0.1, 0.15) is 6.10 Å². The first kappa shape index (κ1) is 8.53. The first-order valence-corrected chi connectivity index (χ1v) is 5.43. The maximum absolute atomic E-state index is 11.0. The molecule has 0 bridgehead atoms. The van der Waals surface area contributed by atoms with E-state index in [1.807, 2.05) is 6.08 Å². The Balaban J connectivity index is 2.18. The second kappa shape index (κ2) is 3.01. The Morgan fingerprint density at radius 2 is 2.42 bits per heavy atom. The van der Waals surface area contributed by atoms with Crippen LogP contribution in [0.1, 0.15) is 12.8 Å². The highest BCUT2D eigenvalue weighted by atomic mass is 127. The number of rotatable bonds is 1. The Morgan fingerprint density at radius 3 is 3.08 bits per heavy atom. The molecule has 1 saturated carbocycles. The fraction of sp³-hybridized carbons (Fsp3) is 0.667. The van der Waals surface area contributed by atoms with Crippen LogP contribution < -0.4 is 0 Å². The third-order valence-electron chi connectivity index (χ3n) is 2.80. The topological polar surface area (TPSA) is 26.3 Å². The minimum Gasteiger partial charge on any atom is -0.461 e. The van der Waals surface area contributed by atoms with Gasteiger partial charge in [0.15, 0.2) is 0 Å². The summed E-state index contributed by atoms with van der Waals surface area (Å²) in [5, 5.41) is 0. The van der Waals surface area contributed by atoms with E-state index >= 15 is 0 Å². The number of ether oxygens (including phenoxy) is 1. The SMILES string of the molecule is C=C[C@H]1C[C@H](I)[C@H]2OC(=O)C[C@H]21. The van der Waals surface area contributed by atoms with Gasteiger partial charge >= 0.3 is 5.97 Å². The molecule has 0 radical (unpaired) electrons. The Kier molecular flexibility index (Phi) is 2.14. The first-order valence-electron chi connectivity index (χ1n) is 4.18. The predicted octanol–water partition coefficient (Wildman–Crippen LogP) is 1.93. The van der Waals surface area contributed by atoms with Crippen LogP contribution in [0.4, 0.5) is 0 Å². The number of allylic oxidation sites excluding steroid dienone is 1. The van der Waals surface area contributed by atoms with Crippen molar-refractivity contribution in [2.45, 2.75) is 22.9 Å². The van der Waals surface area contributed by atoms with Gasteiger partial charge in [-0.05, 0) is 12.3 Å². The average Bonchev–Trinajstić information content (AvgIpc) is 2.52. The molecule has 0 spiro atoms. The van der Waals surface area contributed by atoms with E-state index in [0.29, 0.717) is 22.2 Å². The molecular weight excluding hydrogens is 267 g/mol. The molecule has 0 aromatic rings. The summed E-state index contributed by atoms with van der Waals surface area (Å²) < 4.78 is 5.72. The number of hydrogen-bond acceptors (Lipinski definition) is 2. The van der Waals surface area contributed by atoms with Gasteiger partial charge in [-0.25, -0.2) is 0 Å². The summed E-state index contributed by atoms with van der Waals surface area (Å²) in [4.78, 5) is 11.0. The van der Waals surface area contributed by atoms with Gasteiger partial charge in [0.05, 0.1) is 6.42 Å². The zero-order valence-electron chi connectivity index (χ0n) is 6.70. The van der Waals surface area contributed by atoms with E-state index in [-0.39, 0.29) is 12.1 Å². The van der Waals surface area contributed by atoms with Crippen molar-refractivity contribution < 1.29 is 9.53 Å². The van der Waals surface area contributed by atoms with Gasteiger partial charge in [-0.1, -0.05) is 28.7 Å². The van der Waals surface area contributed by atoms with E-state index in [2.05, 4.69) is 29.2 Å². The van der Waals surface area contributed by atoms with Crippen molar-refractivity contribution in [2.24, 2.45) is 11.8 Å². The van der Waals surface area contributed by atoms with Gasteiger partial charge in [-0.3, -0.25) is 4.79 Å². The molecule has 2 nitrogen and oxygen atoms in total. The number of hydrogen-bond donors (Lipinski definition) is 0. The van der Waals surface area contributed by atoms with Crippen molar-refractivity contribution in [3.8, 4) is 0 Å². The van der Waals surface area contributed by atoms with Crippen molar-refractivity contribution in [1.29, 1.82) is 0 Å². The lowest BCUT2D eigenvalue weighted by atomic mass is 9.94. The molecule has 1 aliphatic heterocycles. The molecule has 1 aliphatic carbocycles. The van der Waals surface area contributed by atoms with E-state index in [9.17, 15) is 4.79 Å². The Morgan fingerprint density at radius 1 is 1.67 bits per heavy atom. The molecule has 0 N–H and O–H groups in total. The van der Waals surface area contributed by atoms with E-state index in [1.54, 1.807) is 0 Å². The Hall–Kier alpha value is -0.0600. The van der Waals surface area contributed by atoms with Crippen molar-refractivity contribution in [2.75, 3.05) is 0 Å². The molecule has 4 atom stereocenters. The second-order valence-electron chi connectivity index (χ2n) is 3.47. The summed E-state index contributed by atoms with van der Waals surface area (Å²) in [5.41, 5.74) is 0. The number of carbonyl (C=O) groups excluding carboxylic acids is 1. The summed E-state index contributed by atoms with van der Waals surface area (Å²) >= 11 is 2.37. The smallest absolute Gasteiger partial charge is 0.306 e. The van der Waals surface area contributed by atoms with Crippen molar-refractivity contribution in [1.82, 2.24) is 0 Å². The van der Waals surface area contributed by atoms with Gasteiger partial charge in [0, 0.05) is 9.84 Å². The number of fused-ring (bicyclic) bond motifs is 1. The third-order valence-corrected chi connectivity index (χ3v) is 4.02. The highest BCUT2D eigenvalue weighted by Gasteiger charge is 2.48. The number of esters is 1. The molecule has 0 amide bonds. The normalized spacial score (nSPS) is 45.6. The van der Waals surface area contributed by atoms with Crippen molar-refractivity contribution in [3.63, 3.8) is 0 Å². The molecule has 2 fully saturated rings. The highest BCUT2D eigenvalue weighted by Crippen LogP contribution is 2.44. The quantitative estimate of drug-likeness (QED) is 0.317. The summed E-state index contributed by atoms with van der Waals surface area (Å²) in [6.07, 6.45) is 3.85. The van der Waals surface area contributed by atoms with Gasteiger partial charge in [-0.2, -0.15) is 0 Å². The van der Waals surface area contributed by atoms with Crippen LogP contribution in [0.5, 0.6) is 0 Å². The van der Waals surface area contributed by atoms with E-state index in [0.717, 1.165) is 6.42 Å². The van der Waals surface area contributed by atoms with Crippen LogP contribution in [0, 0.1) is 11.8 Å². The molecule has 0 aromatic heterocycles. The maximum atomic E-state index is 11.0. The molecule has 1 heterocycles.